The second-order valence-corrected chi connectivity index (χ2v) is 7.02. The first-order chi connectivity index (χ1) is 13.1. The topological polar surface area (TPSA) is 52.1 Å². The van der Waals surface area contributed by atoms with Gasteiger partial charge in [0.2, 0.25) is 0 Å². The molecule has 1 unspecified atom stereocenters. The standard InChI is InChI=1S/C21H39N5O.HI/c1-6-22-21(24-14-15-25(3)16-17-27-5)23-13-12-19(2)26(4)18-20-10-8-7-9-11-20;/h7-11,19H,6,12-18H2,1-5H3,(H2,22,23,24);1H. The Morgan fingerprint density at radius 2 is 1.86 bits per heavy atom. The minimum absolute atomic E-state index is 0. The minimum Gasteiger partial charge on any atom is -0.383 e. The summed E-state index contributed by atoms with van der Waals surface area (Å²) < 4.78 is 5.11. The third-order valence-corrected chi connectivity index (χ3v) is 4.65. The first kappa shape index (κ1) is 27.1. The molecular formula is C21H40IN5O. The van der Waals surface area contributed by atoms with Crippen LogP contribution in [-0.2, 0) is 11.3 Å². The van der Waals surface area contributed by atoms with Crippen LogP contribution in [0.4, 0.5) is 0 Å². The highest BCUT2D eigenvalue weighted by Crippen LogP contribution is 2.08. The van der Waals surface area contributed by atoms with Gasteiger partial charge in [0.05, 0.1) is 6.61 Å². The van der Waals surface area contributed by atoms with Gasteiger partial charge < -0.3 is 20.3 Å². The van der Waals surface area contributed by atoms with Gasteiger partial charge in [-0.1, -0.05) is 30.3 Å². The van der Waals surface area contributed by atoms with E-state index in [2.05, 4.69) is 78.7 Å². The lowest BCUT2D eigenvalue weighted by atomic mass is 10.1. The van der Waals surface area contributed by atoms with Gasteiger partial charge in [0, 0.05) is 52.4 Å². The monoisotopic (exact) mass is 505 g/mol. The van der Waals surface area contributed by atoms with Crippen LogP contribution in [-0.4, -0.2) is 82.3 Å². The molecule has 0 fully saturated rings. The van der Waals surface area contributed by atoms with Crippen molar-refractivity contribution in [2.24, 2.45) is 4.99 Å². The summed E-state index contributed by atoms with van der Waals surface area (Å²) in [5.41, 5.74) is 1.35. The Bertz CT molecular complexity index is 515. The van der Waals surface area contributed by atoms with E-state index in [1.54, 1.807) is 7.11 Å². The molecule has 6 nitrogen and oxygen atoms in total. The van der Waals surface area contributed by atoms with Crippen molar-refractivity contribution in [2.75, 3.05) is 60.5 Å². The summed E-state index contributed by atoms with van der Waals surface area (Å²) in [6.07, 6.45) is 1.04. The van der Waals surface area contributed by atoms with Gasteiger partial charge in [0.25, 0.3) is 0 Å². The molecule has 0 saturated carbocycles. The van der Waals surface area contributed by atoms with E-state index in [0.29, 0.717) is 6.04 Å². The van der Waals surface area contributed by atoms with Crippen molar-refractivity contribution in [1.29, 1.82) is 0 Å². The van der Waals surface area contributed by atoms with Crippen LogP contribution in [0.5, 0.6) is 0 Å². The molecule has 28 heavy (non-hydrogen) atoms. The van der Waals surface area contributed by atoms with Crippen molar-refractivity contribution in [2.45, 2.75) is 32.9 Å². The summed E-state index contributed by atoms with van der Waals surface area (Å²) >= 11 is 0. The Labute approximate surface area is 189 Å². The van der Waals surface area contributed by atoms with Crippen LogP contribution in [0.1, 0.15) is 25.8 Å². The molecule has 0 bridgehead atoms. The van der Waals surface area contributed by atoms with E-state index in [1.807, 2.05) is 0 Å². The zero-order chi connectivity index (χ0) is 19.9. The molecule has 0 spiro atoms. The number of nitrogens with zero attached hydrogens (tertiary/aromatic N) is 3. The Hall–Kier alpha value is -0.900. The molecule has 162 valence electrons. The number of ether oxygens (including phenoxy) is 1. The average molecular weight is 505 g/mol. The normalized spacial score (nSPS) is 12.8. The van der Waals surface area contributed by atoms with Crippen LogP contribution < -0.4 is 10.6 Å². The van der Waals surface area contributed by atoms with Crippen LogP contribution in [0.3, 0.4) is 0 Å². The molecule has 0 aliphatic carbocycles. The lowest BCUT2D eigenvalue weighted by Gasteiger charge is -2.24. The zero-order valence-electron chi connectivity index (χ0n) is 18.3. The molecule has 0 radical (unpaired) electrons. The molecule has 0 aromatic heterocycles. The van der Waals surface area contributed by atoms with Gasteiger partial charge in [-0.2, -0.15) is 0 Å². The molecular weight excluding hydrogens is 465 g/mol. The highest BCUT2D eigenvalue weighted by Gasteiger charge is 2.09. The molecule has 1 aromatic rings. The van der Waals surface area contributed by atoms with Crippen molar-refractivity contribution in [3.05, 3.63) is 35.9 Å². The number of hydrogen-bond donors (Lipinski definition) is 2. The first-order valence-corrected chi connectivity index (χ1v) is 10.0. The van der Waals surface area contributed by atoms with Crippen molar-refractivity contribution in [3.8, 4) is 0 Å². The highest BCUT2D eigenvalue weighted by molar-refractivity contribution is 14.0. The van der Waals surface area contributed by atoms with Crippen molar-refractivity contribution >= 4 is 29.9 Å². The van der Waals surface area contributed by atoms with E-state index < -0.39 is 0 Å². The van der Waals surface area contributed by atoms with E-state index >= 15 is 0 Å². The highest BCUT2D eigenvalue weighted by atomic mass is 127. The minimum atomic E-state index is 0. The molecule has 0 heterocycles. The fraction of sp³-hybridized carbons (Fsp3) is 0.667. The lowest BCUT2D eigenvalue weighted by molar-refractivity contribution is 0.162. The largest absolute Gasteiger partial charge is 0.383 e. The third kappa shape index (κ3) is 12.5. The number of hydrogen-bond acceptors (Lipinski definition) is 4. The Morgan fingerprint density at radius 3 is 2.50 bits per heavy atom. The number of guanidine groups is 1. The summed E-state index contributed by atoms with van der Waals surface area (Å²) in [7, 11) is 6.02. The smallest absolute Gasteiger partial charge is 0.191 e. The predicted octanol–water partition coefficient (Wildman–Crippen LogP) is 2.65. The second-order valence-electron chi connectivity index (χ2n) is 7.02. The zero-order valence-corrected chi connectivity index (χ0v) is 20.6. The van der Waals surface area contributed by atoms with E-state index in [-0.39, 0.29) is 24.0 Å². The Balaban J connectivity index is 0.00000729. The van der Waals surface area contributed by atoms with Gasteiger partial charge in [-0.3, -0.25) is 9.89 Å². The Morgan fingerprint density at radius 1 is 1.14 bits per heavy atom. The lowest BCUT2D eigenvalue weighted by Crippen LogP contribution is -2.41. The molecule has 0 saturated heterocycles. The summed E-state index contributed by atoms with van der Waals surface area (Å²) in [5.74, 6) is 0.899. The number of halogens is 1. The fourth-order valence-electron chi connectivity index (χ4n) is 2.68. The number of benzene rings is 1. The Kier molecular flexibility index (Phi) is 16.5. The molecule has 0 aliphatic rings. The molecule has 1 rings (SSSR count). The number of nitrogens with one attached hydrogen (secondary N) is 2. The average Bonchev–Trinajstić information content (AvgIpc) is 2.67. The van der Waals surface area contributed by atoms with Gasteiger partial charge in [-0.25, -0.2) is 0 Å². The van der Waals surface area contributed by atoms with Crippen molar-refractivity contribution < 1.29 is 4.74 Å². The van der Waals surface area contributed by atoms with E-state index in [9.17, 15) is 0 Å². The molecule has 0 aliphatic heterocycles. The van der Waals surface area contributed by atoms with Gasteiger partial charge >= 0.3 is 0 Å². The van der Waals surface area contributed by atoms with Crippen molar-refractivity contribution in [1.82, 2.24) is 20.4 Å². The van der Waals surface area contributed by atoms with Gasteiger partial charge in [-0.15, -0.1) is 24.0 Å². The summed E-state index contributed by atoms with van der Waals surface area (Å²) in [4.78, 5) is 9.36. The second kappa shape index (κ2) is 17.0. The van der Waals surface area contributed by atoms with Crippen LogP contribution in [0.2, 0.25) is 0 Å². The van der Waals surface area contributed by atoms with Gasteiger partial charge in [0.1, 0.15) is 0 Å². The number of rotatable bonds is 13. The van der Waals surface area contributed by atoms with Gasteiger partial charge in [-0.05, 0) is 39.9 Å². The molecule has 2 N–H and O–H groups in total. The predicted molar refractivity (Wildman–Crippen MR) is 131 cm³/mol. The van der Waals surface area contributed by atoms with Crippen LogP contribution in [0, 0.1) is 0 Å². The number of likely N-dealkylation sites (N-methyl/N-ethyl adjacent to an activating group) is 1. The van der Waals surface area contributed by atoms with Crippen LogP contribution in [0.25, 0.3) is 0 Å². The van der Waals surface area contributed by atoms with E-state index in [4.69, 9.17) is 9.73 Å². The maximum absolute atomic E-state index is 5.11. The summed E-state index contributed by atoms with van der Waals surface area (Å²) in [5, 5.41) is 6.74. The quantitative estimate of drug-likeness (QED) is 0.245. The molecule has 1 aromatic carbocycles. The molecule has 7 heteroatoms. The van der Waals surface area contributed by atoms with E-state index in [0.717, 1.165) is 58.3 Å². The van der Waals surface area contributed by atoms with Crippen LogP contribution >= 0.6 is 24.0 Å². The summed E-state index contributed by atoms with van der Waals surface area (Å²) in [6, 6.07) is 11.1. The maximum atomic E-state index is 5.11. The molecule has 0 amide bonds. The van der Waals surface area contributed by atoms with Gasteiger partial charge in [0.15, 0.2) is 5.96 Å². The SMILES string of the molecule is CCNC(=NCCC(C)N(C)Cc1ccccc1)NCCN(C)CCOC.I. The number of methoxy groups -OCH3 is 1. The number of aliphatic imine (C=N–C) groups is 1. The molecule has 1 atom stereocenters. The summed E-state index contributed by atoms with van der Waals surface area (Å²) in [6.45, 7) is 10.6. The van der Waals surface area contributed by atoms with Crippen LogP contribution in [0.15, 0.2) is 35.3 Å². The first-order valence-electron chi connectivity index (χ1n) is 10.0. The van der Waals surface area contributed by atoms with Crippen molar-refractivity contribution in [3.63, 3.8) is 0 Å². The maximum Gasteiger partial charge on any atom is 0.191 e. The van der Waals surface area contributed by atoms with E-state index in [1.165, 1.54) is 5.56 Å². The third-order valence-electron chi connectivity index (χ3n) is 4.65. The fourth-order valence-corrected chi connectivity index (χ4v) is 2.68.